The molecule has 1 N–H and O–H groups in total. The molecule has 1 unspecified atom stereocenters. The Hall–Kier alpha value is -0.510. The van der Waals surface area contributed by atoms with E-state index in [2.05, 4.69) is 50.4 Å². The number of hydrogen-bond acceptors (Lipinski definition) is 3. The number of hydrogen-bond donors (Lipinski definition) is 1. The van der Waals surface area contributed by atoms with Gasteiger partial charge in [-0.1, -0.05) is 45.0 Å². The van der Waals surface area contributed by atoms with Crippen LogP contribution < -0.4 is 5.32 Å². The average Bonchev–Trinajstić information content (AvgIpc) is 2.36. The van der Waals surface area contributed by atoms with E-state index >= 15 is 0 Å². The molecule has 1 atom stereocenters. The summed E-state index contributed by atoms with van der Waals surface area (Å²) in [6.45, 7) is 9.59. The van der Waals surface area contributed by atoms with E-state index in [9.17, 15) is 0 Å². The predicted octanol–water partition coefficient (Wildman–Crippen LogP) is 3.67. The van der Waals surface area contributed by atoms with Gasteiger partial charge in [0, 0.05) is 11.8 Å². The zero-order chi connectivity index (χ0) is 14.4. The highest BCUT2D eigenvalue weighted by molar-refractivity contribution is 8.00. The predicted molar refractivity (Wildman–Crippen MR) is 88.5 cm³/mol. The molecule has 0 bridgehead atoms. The molecule has 0 amide bonds. The molecule has 1 heterocycles. The zero-order valence-electron chi connectivity index (χ0n) is 12.9. The molecule has 2 rings (SSSR count). The lowest BCUT2D eigenvalue weighted by Crippen LogP contribution is -2.32. The van der Waals surface area contributed by atoms with Gasteiger partial charge in [0.25, 0.3) is 0 Å². The minimum absolute atomic E-state index is 0.457. The quantitative estimate of drug-likeness (QED) is 0.790. The van der Waals surface area contributed by atoms with Gasteiger partial charge in [-0.3, -0.25) is 0 Å². The second kappa shape index (κ2) is 8.06. The molecule has 112 valence electrons. The molecule has 1 fully saturated rings. The molecule has 1 aromatic rings. The smallest absolute Gasteiger partial charge is 0.0607 e. The van der Waals surface area contributed by atoms with Gasteiger partial charge >= 0.3 is 0 Å². The second-order valence-electron chi connectivity index (χ2n) is 5.94. The van der Waals surface area contributed by atoms with Crippen molar-refractivity contribution in [2.75, 3.05) is 25.5 Å². The maximum Gasteiger partial charge on any atom is 0.0607 e. The molecule has 1 aliphatic heterocycles. The summed E-state index contributed by atoms with van der Waals surface area (Å²) in [4.78, 5) is 0. The van der Waals surface area contributed by atoms with Crippen LogP contribution in [0.4, 0.5) is 0 Å². The third-order valence-electron chi connectivity index (χ3n) is 3.58. The topological polar surface area (TPSA) is 21.3 Å². The van der Waals surface area contributed by atoms with E-state index in [0.29, 0.717) is 11.3 Å². The lowest BCUT2D eigenvalue weighted by Gasteiger charge is -2.27. The highest BCUT2D eigenvalue weighted by Gasteiger charge is 2.21. The number of rotatable bonds is 8. The normalized spacial score (nSPS) is 17.2. The fraction of sp³-hybridized carbons (Fsp3) is 0.647. The molecule has 0 aromatic heterocycles. The van der Waals surface area contributed by atoms with E-state index in [4.69, 9.17) is 4.74 Å². The molecule has 3 heteroatoms. The lowest BCUT2D eigenvalue weighted by molar-refractivity contribution is 0.0455. The first kappa shape index (κ1) is 15.9. The number of nitrogens with one attached hydrogen (secondary N) is 1. The molecule has 2 nitrogen and oxygen atoms in total. The van der Waals surface area contributed by atoms with Gasteiger partial charge in [0.15, 0.2) is 0 Å². The van der Waals surface area contributed by atoms with Crippen molar-refractivity contribution in [3.8, 4) is 0 Å². The van der Waals surface area contributed by atoms with Gasteiger partial charge in [-0.2, -0.15) is 11.8 Å². The maximum atomic E-state index is 5.24. The maximum absolute atomic E-state index is 5.24. The van der Waals surface area contributed by atoms with Gasteiger partial charge in [0.2, 0.25) is 0 Å². The van der Waals surface area contributed by atoms with Crippen LogP contribution in [0.25, 0.3) is 0 Å². The van der Waals surface area contributed by atoms with Crippen molar-refractivity contribution < 1.29 is 4.74 Å². The summed E-state index contributed by atoms with van der Waals surface area (Å²) in [5.74, 6) is 1.85. The van der Waals surface area contributed by atoms with Crippen LogP contribution in [0.1, 0.15) is 37.9 Å². The Labute approximate surface area is 127 Å². The minimum atomic E-state index is 0.457. The SMILES string of the molecule is CCNC(CSC1COC1)c1ccc(CC(C)C)cc1. The van der Waals surface area contributed by atoms with Crippen molar-refractivity contribution in [2.24, 2.45) is 5.92 Å². The second-order valence-corrected chi connectivity index (χ2v) is 7.28. The van der Waals surface area contributed by atoms with Crippen molar-refractivity contribution >= 4 is 11.8 Å². The highest BCUT2D eigenvalue weighted by Crippen LogP contribution is 2.25. The van der Waals surface area contributed by atoms with Crippen molar-refractivity contribution in [3.63, 3.8) is 0 Å². The number of benzene rings is 1. The molecule has 0 radical (unpaired) electrons. The summed E-state index contributed by atoms with van der Waals surface area (Å²) in [6.07, 6.45) is 1.17. The Morgan fingerprint density at radius 1 is 1.25 bits per heavy atom. The molecule has 20 heavy (non-hydrogen) atoms. The minimum Gasteiger partial charge on any atom is -0.379 e. The van der Waals surface area contributed by atoms with Gasteiger partial charge in [0.05, 0.1) is 18.5 Å². The van der Waals surface area contributed by atoms with Crippen molar-refractivity contribution in [1.29, 1.82) is 0 Å². The van der Waals surface area contributed by atoms with E-state index < -0.39 is 0 Å². The molecule has 0 saturated carbocycles. The van der Waals surface area contributed by atoms with Gasteiger partial charge in [0.1, 0.15) is 0 Å². The van der Waals surface area contributed by atoms with Crippen LogP contribution >= 0.6 is 11.8 Å². The van der Waals surface area contributed by atoms with E-state index in [1.807, 2.05) is 11.8 Å². The Morgan fingerprint density at radius 3 is 2.45 bits per heavy atom. The molecular formula is C17H27NOS. The van der Waals surface area contributed by atoms with Crippen LogP contribution in [0.2, 0.25) is 0 Å². The third kappa shape index (κ3) is 4.80. The van der Waals surface area contributed by atoms with Crippen molar-refractivity contribution in [3.05, 3.63) is 35.4 Å². The van der Waals surface area contributed by atoms with Crippen molar-refractivity contribution in [2.45, 2.75) is 38.5 Å². The summed E-state index contributed by atoms with van der Waals surface area (Å²) in [6, 6.07) is 9.62. The number of ether oxygens (including phenoxy) is 1. The Bertz CT molecular complexity index is 386. The molecule has 0 aliphatic carbocycles. The third-order valence-corrected chi connectivity index (χ3v) is 4.85. The van der Waals surface area contributed by atoms with Gasteiger partial charge in [-0.05, 0) is 30.0 Å². The van der Waals surface area contributed by atoms with Crippen LogP contribution in [0.5, 0.6) is 0 Å². The highest BCUT2D eigenvalue weighted by atomic mass is 32.2. The van der Waals surface area contributed by atoms with Crippen molar-refractivity contribution in [1.82, 2.24) is 5.32 Å². The van der Waals surface area contributed by atoms with E-state index in [-0.39, 0.29) is 0 Å². The Morgan fingerprint density at radius 2 is 1.95 bits per heavy atom. The largest absolute Gasteiger partial charge is 0.379 e. The molecule has 0 spiro atoms. The first-order chi connectivity index (χ1) is 9.69. The van der Waals surface area contributed by atoms with Crippen LogP contribution in [-0.4, -0.2) is 30.8 Å². The first-order valence-corrected chi connectivity index (χ1v) is 8.75. The monoisotopic (exact) mass is 293 g/mol. The lowest BCUT2D eigenvalue weighted by atomic mass is 10.00. The van der Waals surface area contributed by atoms with Gasteiger partial charge < -0.3 is 10.1 Å². The zero-order valence-corrected chi connectivity index (χ0v) is 13.7. The van der Waals surface area contributed by atoms with Crippen LogP contribution in [0.15, 0.2) is 24.3 Å². The van der Waals surface area contributed by atoms with E-state index in [0.717, 1.165) is 31.4 Å². The van der Waals surface area contributed by atoms with E-state index in [1.165, 1.54) is 17.5 Å². The Kier molecular flexibility index (Phi) is 6.40. The fourth-order valence-electron chi connectivity index (χ4n) is 2.42. The van der Waals surface area contributed by atoms with E-state index in [1.54, 1.807) is 0 Å². The van der Waals surface area contributed by atoms with Gasteiger partial charge in [-0.15, -0.1) is 0 Å². The van der Waals surface area contributed by atoms with Crippen LogP contribution in [0.3, 0.4) is 0 Å². The summed E-state index contributed by atoms with van der Waals surface area (Å²) >= 11 is 2.03. The van der Waals surface area contributed by atoms with Crippen LogP contribution in [-0.2, 0) is 11.2 Å². The molecule has 1 aliphatic rings. The summed E-state index contributed by atoms with van der Waals surface area (Å²) in [7, 11) is 0. The Balaban J connectivity index is 1.92. The van der Waals surface area contributed by atoms with Crippen LogP contribution in [0, 0.1) is 5.92 Å². The number of thioether (sulfide) groups is 1. The molecular weight excluding hydrogens is 266 g/mol. The summed E-state index contributed by atoms with van der Waals surface area (Å²) in [5.41, 5.74) is 2.85. The average molecular weight is 293 g/mol. The first-order valence-electron chi connectivity index (χ1n) is 7.70. The summed E-state index contributed by atoms with van der Waals surface area (Å²) in [5, 5.41) is 4.31. The summed E-state index contributed by atoms with van der Waals surface area (Å²) < 4.78 is 5.24. The fourth-order valence-corrected chi connectivity index (χ4v) is 3.58. The molecule has 1 aromatic carbocycles. The standard InChI is InChI=1S/C17H27NOS/c1-4-18-17(12-20-16-10-19-11-16)15-7-5-14(6-8-15)9-13(2)3/h5-8,13,16-18H,4,9-12H2,1-3H3. The molecule has 1 saturated heterocycles. The van der Waals surface area contributed by atoms with Gasteiger partial charge in [-0.25, -0.2) is 0 Å².